The molecule has 60 valence electrons. The Morgan fingerprint density at radius 3 is 2.30 bits per heavy atom. The number of hydrogen-bond acceptors (Lipinski definition) is 3. The van der Waals surface area contributed by atoms with E-state index in [1.807, 2.05) is 6.92 Å². The lowest BCUT2D eigenvalue weighted by Crippen LogP contribution is -2.97. The van der Waals surface area contributed by atoms with Crippen molar-refractivity contribution in [1.29, 1.82) is 0 Å². The van der Waals surface area contributed by atoms with Gasteiger partial charge in [-0.25, -0.2) is 0 Å². The van der Waals surface area contributed by atoms with Gasteiger partial charge in [0.2, 0.25) is 6.23 Å². The fraction of sp³-hybridized carbons (Fsp3) is 1.00. The summed E-state index contributed by atoms with van der Waals surface area (Å²) in [4.78, 5) is 0. The van der Waals surface area contributed by atoms with Crippen LogP contribution in [0.15, 0.2) is 0 Å². The third-order valence-corrected chi connectivity index (χ3v) is 2.03. The van der Waals surface area contributed by atoms with E-state index in [2.05, 4.69) is 0 Å². The van der Waals surface area contributed by atoms with E-state index in [1.165, 1.54) is 0 Å². The Morgan fingerprint density at radius 2 is 1.80 bits per heavy atom. The predicted octanol–water partition coefficient (Wildman–Crippen LogP) is -2.76. The van der Waals surface area contributed by atoms with Gasteiger partial charge in [0.1, 0.15) is 0 Å². The van der Waals surface area contributed by atoms with Crippen LogP contribution >= 0.6 is 0 Å². The number of aliphatic hydroxyl groups is 3. The second-order valence-electron chi connectivity index (χ2n) is 2.92. The lowest BCUT2D eigenvalue weighted by molar-refractivity contribution is -0.748. The summed E-state index contributed by atoms with van der Waals surface area (Å²) in [7, 11) is 0. The fourth-order valence-electron chi connectivity index (χ4n) is 1.17. The van der Waals surface area contributed by atoms with E-state index in [0.29, 0.717) is 6.54 Å². The van der Waals surface area contributed by atoms with Crippen LogP contribution in [0.5, 0.6) is 0 Å². The largest absolute Gasteiger partial charge is 0.390 e. The monoisotopic (exact) mass is 148 g/mol. The Labute approximate surface area is 59.5 Å². The Bertz CT molecular complexity index is 106. The highest BCUT2D eigenvalue weighted by Crippen LogP contribution is 2.09. The number of nitrogens with two attached hydrogens (primary N) is 1. The molecule has 0 aromatic carbocycles. The summed E-state index contributed by atoms with van der Waals surface area (Å²) in [5, 5.41) is 28.9. The van der Waals surface area contributed by atoms with Gasteiger partial charge in [-0.1, -0.05) is 6.92 Å². The van der Waals surface area contributed by atoms with Crippen molar-refractivity contribution in [3.8, 4) is 0 Å². The van der Waals surface area contributed by atoms with Crippen molar-refractivity contribution in [3.05, 3.63) is 0 Å². The molecule has 4 nitrogen and oxygen atoms in total. The summed E-state index contributed by atoms with van der Waals surface area (Å²) in [6.07, 6.45) is -2.63. The second-order valence-corrected chi connectivity index (χ2v) is 2.92. The molecule has 10 heavy (non-hydrogen) atoms. The molecule has 0 saturated carbocycles. The topological polar surface area (TPSA) is 77.3 Å². The summed E-state index contributed by atoms with van der Waals surface area (Å²) in [5.74, 6) is 0.0541. The first-order chi connectivity index (χ1) is 4.63. The molecule has 4 heteroatoms. The third-order valence-electron chi connectivity index (χ3n) is 2.03. The van der Waals surface area contributed by atoms with Gasteiger partial charge in [-0.05, 0) is 0 Å². The zero-order chi connectivity index (χ0) is 7.72. The summed E-state index contributed by atoms with van der Waals surface area (Å²) in [5.41, 5.74) is 0. The van der Waals surface area contributed by atoms with Crippen LogP contribution < -0.4 is 5.32 Å². The first-order valence-corrected chi connectivity index (χ1v) is 3.50. The zero-order valence-corrected chi connectivity index (χ0v) is 5.94. The molecule has 1 heterocycles. The van der Waals surface area contributed by atoms with Crippen molar-refractivity contribution in [3.63, 3.8) is 0 Å². The first kappa shape index (κ1) is 7.94. The van der Waals surface area contributed by atoms with Crippen molar-refractivity contribution in [2.24, 2.45) is 5.92 Å². The maximum absolute atomic E-state index is 9.19. The fourth-order valence-corrected chi connectivity index (χ4v) is 1.17. The molecule has 1 saturated heterocycles. The standard InChI is InChI=1S/C6H13NO3/c1-3-2-7-6(10)5(9)4(3)8/h3-10H,2H2,1H3/p+1/t3-,4-,5-,6+/m1/s1. The molecule has 0 aromatic rings. The SMILES string of the molecule is C[C@@H]1C[NH2+][C@@H](O)[C@H](O)[C@@H]1O. The maximum atomic E-state index is 9.19. The van der Waals surface area contributed by atoms with E-state index in [1.54, 1.807) is 5.32 Å². The van der Waals surface area contributed by atoms with Gasteiger partial charge >= 0.3 is 0 Å². The molecule has 5 N–H and O–H groups in total. The average Bonchev–Trinajstić information content (AvgIpc) is 1.93. The average molecular weight is 148 g/mol. The number of hydrogen-bond donors (Lipinski definition) is 4. The zero-order valence-electron chi connectivity index (χ0n) is 5.94. The van der Waals surface area contributed by atoms with Gasteiger partial charge in [-0.2, -0.15) is 0 Å². The Balaban J connectivity index is 2.52. The molecule has 0 aliphatic carbocycles. The molecular formula is C6H14NO3+. The van der Waals surface area contributed by atoms with Crippen molar-refractivity contribution in [2.45, 2.75) is 25.4 Å². The van der Waals surface area contributed by atoms with E-state index < -0.39 is 18.4 Å². The van der Waals surface area contributed by atoms with Gasteiger partial charge in [0.15, 0.2) is 6.10 Å². The van der Waals surface area contributed by atoms with Gasteiger partial charge < -0.3 is 20.6 Å². The smallest absolute Gasteiger partial charge is 0.216 e. The van der Waals surface area contributed by atoms with Crippen LogP contribution in [0.25, 0.3) is 0 Å². The molecule has 1 aliphatic heterocycles. The highest BCUT2D eigenvalue weighted by molar-refractivity contribution is 4.76. The van der Waals surface area contributed by atoms with E-state index in [9.17, 15) is 5.11 Å². The molecule has 0 amide bonds. The molecule has 1 rings (SSSR count). The normalized spacial score (nSPS) is 49.2. The molecule has 4 atom stereocenters. The molecule has 0 bridgehead atoms. The Kier molecular flexibility index (Phi) is 2.25. The van der Waals surface area contributed by atoms with Crippen LogP contribution in [0, 0.1) is 5.92 Å². The lowest BCUT2D eigenvalue weighted by atomic mass is 9.95. The molecule has 0 radical (unpaired) electrons. The molecule has 1 aliphatic rings. The van der Waals surface area contributed by atoms with Gasteiger partial charge in [-0.3, -0.25) is 0 Å². The van der Waals surface area contributed by atoms with Crippen molar-refractivity contribution >= 4 is 0 Å². The summed E-state index contributed by atoms with van der Waals surface area (Å²) in [6.45, 7) is 2.51. The van der Waals surface area contributed by atoms with Crippen LogP contribution in [0.2, 0.25) is 0 Å². The van der Waals surface area contributed by atoms with Crippen LogP contribution in [0.1, 0.15) is 6.92 Å². The number of piperidine rings is 1. The second kappa shape index (κ2) is 2.84. The minimum Gasteiger partial charge on any atom is -0.390 e. The highest BCUT2D eigenvalue weighted by Gasteiger charge is 2.36. The first-order valence-electron chi connectivity index (χ1n) is 3.50. The van der Waals surface area contributed by atoms with Gasteiger partial charge in [0.05, 0.1) is 12.6 Å². The number of quaternary nitrogens is 1. The van der Waals surface area contributed by atoms with Gasteiger partial charge in [-0.15, -0.1) is 0 Å². The summed E-state index contributed by atoms with van der Waals surface area (Å²) < 4.78 is 0. The van der Waals surface area contributed by atoms with Gasteiger partial charge in [0, 0.05) is 5.92 Å². The minimum atomic E-state index is -0.997. The molecular weight excluding hydrogens is 134 g/mol. The summed E-state index contributed by atoms with van der Waals surface area (Å²) in [6, 6.07) is 0. The highest BCUT2D eigenvalue weighted by atomic mass is 16.4. The van der Waals surface area contributed by atoms with E-state index >= 15 is 0 Å². The number of rotatable bonds is 0. The van der Waals surface area contributed by atoms with Crippen molar-refractivity contribution < 1.29 is 20.6 Å². The maximum Gasteiger partial charge on any atom is 0.216 e. The van der Waals surface area contributed by atoms with Gasteiger partial charge in [0.25, 0.3) is 0 Å². The minimum absolute atomic E-state index is 0.0541. The van der Waals surface area contributed by atoms with Crippen LogP contribution in [0.3, 0.4) is 0 Å². The van der Waals surface area contributed by atoms with Crippen LogP contribution in [-0.2, 0) is 0 Å². The molecule has 0 aromatic heterocycles. The quantitative estimate of drug-likeness (QED) is 0.300. The van der Waals surface area contributed by atoms with Crippen LogP contribution in [-0.4, -0.2) is 40.3 Å². The van der Waals surface area contributed by atoms with Crippen LogP contribution in [0.4, 0.5) is 0 Å². The molecule has 0 unspecified atom stereocenters. The lowest BCUT2D eigenvalue weighted by Gasteiger charge is -2.30. The Morgan fingerprint density at radius 1 is 1.20 bits per heavy atom. The van der Waals surface area contributed by atoms with Crippen molar-refractivity contribution in [2.75, 3.05) is 6.54 Å². The molecule has 1 fully saturated rings. The predicted molar refractivity (Wildman–Crippen MR) is 34.0 cm³/mol. The number of aliphatic hydroxyl groups excluding tert-OH is 3. The third kappa shape index (κ3) is 1.29. The Hall–Kier alpha value is -0.160. The van der Waals surface area contributed by atoms with E-state index in [-0.39, 0.29) is 5.92 Å². The van der Waals surface area contributed by atoms with Crippen molar-refractivity contribution in [1.82, 2.24) is 0 Å². The van der Waals surface area contributed by atoms with E-state index in [0.717, 1.165) is 0 Å². The van der Waals surface area contributed by atoms with E-state index in [4.69, 9.17) is 10.2 Å². The summed E-state index contributed by atoms with van der Waals surface area (Å²) >= 11 is 0. The molecule has 0 spiro atoms.